The van der Waals surface area contributed by atoms with Gasteiger partial charge in [-0.1, -0.05) is 40.5 Å². The van der Waals surface area contributed by atoms with Crippen molar-refractivity contribution in [3.05, 3.63) is 30.2 Å². The molecule has 41 heavy (non-hydrogen) atoms. The lowest BCUT2D eigenvalue weighted by Crippen LogP contribution is -2.47. The molecule has 0 radical (unpaired) electrons. The van der Waals surface area contributed by atoms with Gasteiger partial charge < -0.3 is 23.6 Å². The van der Waals surface area contributed by atoms with Crippen molar-refractivity contribution < 1.29 is 23.9 Å². The molecule has 1 aliphatic carbocycles. The molecule has 5 rings (SSSR count). The Morgan fingerprint density at radius 1 is 1.15 bits per heavy atom. The zero-order chi connectivity index (χ0) is 29.4. The second kappa shape index (κ2) is 11.8. The molecule has 0 spiro atoms. The lowest BCUT2D eigenvalue weighted by molar-refractivity contribution is -0.167. The van der Waals surface area contributed by atoms with Crippen LogP contribution in [0.25, 0.3) is 5.65 Å². The molecule has 8 heteroatoms. The number of aromatic nitrogens is 2. The monoisotopic (exact) mass is 565 g/mol. The second-order valence-corrected chi connectivity index (χ2v) is 13.8. The molecule has 2 aromatic heterocycles. The topological polar surface area (TPSA) is 90.2 Å². The highest BCUT2D eigenvalue weighted by Gasteiger charge is 2.49. The molecular formula is C33H47N3O5. The fourth-order valence-corrected chi connectivity index (χ4v) is 7.50. The van der Waals surface area contributed by atoms with E-state index in [2.05, 4.69) is 18.1 Å². The molecule has 2 aliphatic heterocycles. The predicted molar refractivity (Wildman–Crippen MR) is 157 cm³/mol. The Balaban J connectivity index is 1.51. The van der Waals surface area contributed by atoms with Crippen LogP contribution in [-0.4, -0.2) is 56.7 Å². The van der Waals surface area contributed by atoms with Crippen LogP contribution in [0, 0.1) is 23.2 Å². The Morgan fingerprint density at radius 3 is 2.66 bits per heavy atom. The molecule has 1 saturated carbocycles. The molecule has 1 amide bonds. The number of carbonyl (C=O) groups excluding carboxylic acids is 3. The summed E-state index contributed by atoms with van der Waals surface area (Å²) in [6, 6.07) is 1.38. The largest absolute Gasteiger partial charge is 0.488 e. The molecular weight excluding hydrogens is 518 g/mol. The highest BCUT2D eigenvalue weighted by Crippen LogP contribution is 2.43. The number of amides is 1. The highest BCUT2D eigenvalue weighted by molar-refractivity contribution is 5.87. The maximum atomic E-state index is 14.2. The number of aryl methyl sites for hydroxylation is 1. The minimum absolute atomic E-state index is 0.00966. The SMILES string of the molecule is CC[C@@H]1[C@@H]2CN(C(=O)[C@H](C(C)(C)C)CC(=O)O[C@]3(C)CCC[C@H]3CCCCCc3cn4ccnc4cc3O2)[C@@H]1C=O. The summed E-state index contributed by atoms with van der Waals surface area (Å²) in [5.74, 6) is -0.116. The molecule has 3 aliphatic rings. The third-order valence-electron chi connectivity index (χ3n) is 10.0. The Morgan fingerprint density at radius 2 is 1.93 bits per heavy atom. The van der Waals surface area contributed by atoms with Crippen molar-refractivity contribution in [2.75, 3.05) is 6.54 Å². The number of pyridine rings is 1. The summed E-state index contributed by atoms with van der Waals surface area (Å²) in [5, 5.41) is 0. The molecule has 2 aromatic rings. The first kappa shape index (κ1) is 29.6. The summed E-state index contributed by atoms with van der Waals surface area (Å²) in [4.78, 5) is 46.3. The van der Waals surface area contributed by atoms with Crippen LogP contribution in [0.4, 0.5) is 0 Å². The zero-order valence-corrected chi connectivity index (χ0v) is 25.4. The summed E-state index contributed by atoms with van der Waals surface area (Å²) in [6.45, 7) is 10.4. The first-order valence-corrected chi connectivity index (χ1v) is 15.6. The van der Waals surface area contributed by atoms with Crippen molar-refractivity contribution in [2.45, 2.75) is 117 Å². The molecule has 2 bridgehead atoms. The first-order valence-electron chi connectivity index (χ1n) is 15.6. The van der Waals surface area contributed by atoms with Gasteiger partial charge in [-0.3, -0.25) is 9.59 Å². The number of imidazole rings is 1. The number of ether oxygens (including phenoxy) is 2. The molecule has 4 heterocycles. The molecule has 6 atom stereocenters. The van der Waals surface area contributed by atoms with Gasteiger partial charge in [0.25, 0.3) is 0 Å². The minimum Gasteiger partial charge on any atom is -0.488 e. The van der Waals surface area contributed by atoms with Gasteiger partial charge in [-0.05, 0) is 63.2 Å². The van der Waals surface area contributed by atoms with Crippen molar-refractivity contribution >= 4 is 23.8 Å². The van der Waals surface area contributed by atoms with Crippen LogP contribution in [0.3, 0.4) is 0 Å². The maximum absolute atomic E-state index is 14.2. The van der Waals surface area contributed by atoms with Crippen molar-refractivity contribution in [2.24, 2.45) is 23.2 Å². The van der Waals surface area contributed by atoms with Crippen molar-refractivity contribution in [1.29, 1.82) is 0 Å². The summed E-state index contributed by atoms with van der Waals surface area (Å²) in [7, 11) is 0. The number of carbonyl (C=O) groups is 3. The molecule has 224 valence electrons. The van der Waals surface area contributed by atoms with Gasteiger partial charge in [-0.25, -0.2) is 4.98 Å². The second-order valence-electron chi connectivity index (χ2n) is 13.8. The van der Waals surface area contributed by atoms with Crippen molar-refractivity contribution in [3.63, 3.8) is 0 Å². The standard InChI is InChI=1S/C33H47N3O5/c1-6-24-26(21-37)36-20-28(24)40-27-18-29-34-15-16-35(29)19-22(27)11-8-7-9-12-23-13-10-14-33(23,5)41-30(38)17-25(31(36)39)32(2,3)4/h15-16,18-19,21,23-26,28H,6-14,17,20H2,1-5H3/t23-,24+,25-,26-,28+,33-/m1/s1. The number of rotatable bonds is 2. The molecule has 1 saturated heterocycles. The average Bonchev–Trinajstić information content (AvgIpc) is 3.62. The van der Waals surface area contributed by atoms with E-state index in [1.807, 2.05) is 44.4 Å². The summed E-state index contributed by atoms with van der Waals surface area (Å²) < 4.78 is 15.0. The molecule has 0 unspecified atom stereocenters. The van der Waals surface area contributed by atoms with Crippen molar-refractivity contribution in [1.82, 2.24) is 14.3 Å². The molecule has 0 N–H and O–H groups in total. The van der Waals surface area contributed by atoms with E-state index < -0.39 is 23.0 Å². The van der Waals surface area contributed by atoms with Gasteiger partial charge in [0.1, 0.15) is 29.4 Å². The number of nitrogens with zero attached hydrogens (tertiary/aromatic N) is 3. The van der Waals surface area contributed by atoms with Crippen LogP contribution in [0.1, 0.15) is 98.0 Å². The summed E-state index contributed by atoms with van der Waals surface area (Å²) in [5.41, 5.74) is 0.952. The van der Waals surface area contributed by atoms with Crippen LogP contribution in [0.2, 0.25) is 0 Å². The van der Waals surface area contributed by atoms with E-state index in [0.29, 0.717) is 18.9 Å². The van der Waals surface area contributed by atoms with Crippen LogP contribution in [-0.2, 0) is 25.5 Å². The Bertz CT molecular complexity index is 1270. The normalized spacial score (nSPS) is 32.0. The van der Waals surface area contributed by atoms with Crippen LogP contribution >= 0.6 is 0 Å². The van der Waals surface area contributed by atoms with Gasteiger partial charge in [0.2, 0.25) is 5.91 Å². The fourth-order valence-electron chi connectivity index (χ4n) is 7.50. The smallest absolute Gasteiger partial charge is 0.307 e. The molecule has 2 fully saturated rings. The van der Waals surface area contributed by atoms with Crippen LogP contribution < -0.4 is 4.74 Å². The molecule has 0 aromatic carbocycles. The zero-order valence-electron chi connectivity index (χ0n) is 25.4. The van der Waals surface area contributed by atoms with E-state index in [4.69, 9.17) is 9.47 Å². The Hall–Kier alpha value is -2.90. The van der Waals surface area contributed by atoms with Gasteiger partial charge in [0, 0.05) is 36.1 Å². The van der Waals surface area contributed by atoms with E-state index in [0.717, 1.165) is 74.6 Å². The minimum atomic E-state index is -0.604. The van der Waals surface area contributed by atoms with Gasteiger partial charge >= 0.3 is 5.97 Å². The maximum Gasteiger partial charge on any atom is 0.307 e. The first-order chi connectivity index (χ1) is 19.5. The lowest BCUT2D eigenvalue weighted by Gasteiger charge is -2.36. The Kier molecular flexibility index (Phi) is 8.49. The predicted octanol–water partition coefficient (Wildman–Crippen LogP) is 5.79. The number of esters is 1. The number of hydrogen-bond acceptors (Lipinski definition) is 6. The van der Waals surface area contributed by atoms with Gasteiger partial charge in [0.05, 0.1) is 24.9 Å². The van der Waals surface area contributed by atoms with Crippen molar-refractivity contribution in [3.8, 4) is 5.75 Å². The molecule has 8 nitrogen and oxygen atoms in total. The van der Waals surface area contributed by atoms with Crippen LogP contribution in [0.5, 0.6) is 5.75 Å². The van der Waals surface area contributed by atoms with E-state index in [-0.39, 0.29) is 30.3 Å². The van der Waals surface area contributed by atoms with E-state index in [1.54, 1.807) is 11.1 Å². The van der Waals surface area contributed by atoms with Gasteiger partial charge in [-0.15, -0.1) is 0 Å². The third kappa shape index (κ3) is 6.02. The quantitative estimate of drug-likeness (QED) is 0.338. The van der Waals surface area contributed by atoms with E-state index >= 15 is 0 Å². The number of hydrogen-bond donors (Lipinski definition) is 0. The summed E-state index contributed by atoms with van der Waals surface area (Å²) >= 11 is 0. The van der Waals surface area contributed by atoms with E-state index in [9.17, 15) is 14.4 Å². The summed E-state index contributed by atoms with van der Waals surface area (Å²) in [6.07, 6.45) is 15.2. The van der Waals surface area contributed by atoms with E-state index in [1.165, 1.54) is 0 Å². The average molecular weight is 566 g/mol. The third-order valence-corrected chi connectivity index (χ3v) is 10.0. The lowest BCUT2D eigenvalue weighted by atomic mass is 9.77. The van der Waals surface area contributed by atoms with Gasteiger partial charge in [0.15, 0.2) is 0 Å². The number of aldehydes is 1. The van der Waals surface area contributed by atoms with Crippen LogP contribution in [0.15, 0.2) is 24.7 Å². The number of fused-ring (bicyclic) bond motifs is 5. The highest BCUT2D eigenvalue weighted by atomic mass is 16.6. The Labute approximate surface area is 244 Å². The fraction of sp³-hybridized carbons (Fsp3) is 0.697. The van der Waals surface area contributed by atoms with Gasteiger partial charge in [-0.2, -0.15) is 0 Å².